The van der Waals surface area contributed by atoms with Gasteiger partial charge < -0.3 is 5.73 Å². The Morgan fingerprint density at radius 3 is 2.77 bits per heavy atom. The first-order valence-electron chi connectivity index (χ1n) is 3.67. The fourth-order valence-corrected chi connectivity index (χ4v) is 0.983. The minimum atomic E-state index is -0.553. The molecule has 13 heavy (non-hydrogen) atoms. The first-order valence-corrected chi connectivity index (χ1v) is 3.67. The molecule has 0 aromatic heterocycles. The summed E-state index contributed by atoms with van der Waals surface area (Å²) in [5.74, 6) is -0.996. The molecule has 4 heteroatoms. The predicted molar refractivity (Wildman–Crippen MR) is 45.2 cm³/mol. The van der Waals surface area contributed by atoms with Crippen LogP contribution in [0.2, 0.25) is 0 Å². The zero-order chi connectivity index (χ0) is 9.84. The van der Waals surface area contributed by atoms with Crippen LogP contribution in [0.3, 0.4) is 0 Å². The van der Waals surface area contributed by atoms with Gasteiger partial charge in [-0.15, -0.1) is 0 Å². The quantitative estimate of drug-likeness (QED) is 0.553. The van der Waals surface area contributed by atoms with E-state index in [1.807, 2.05) is 0 Å². The number of aldehydes is 1. The molecule has 2 N–H and O–H groups in total. The van der Waals surface area contributed by atoms with Crippen molar-refractivity contribution >= 4 is 12.1 Å². The highest BCUT2D eigenvalue weighted by atomic mass is 19.1. The summed E-state index contributed by atoms with van der Waals surface area (Å²) in [6.45, 7) is -0.232. The second kappa shape index (κ2) is 3.91. The van der Waals surface area contributed by atoms with E-state index in [1.165, 1.54) is 6.07 Å². The van der Waals surface area contributed by atoms with Gasteiger partial charge in [-0.2, -0.15) is 0 Å². The van der Waals surface area contributed by atoms with Crippen molar-refractivity contribution in [3.63, 3.8) is 0 Å². The first-order chi connectivity index (χ1) is 6.19. The second-order valence-corrected chi connectivity index (χ2v) is 2.48. The van der Waals surface area contributed by atoms with Crippen LogP contribution in [0.25, 0.3) is 0 Å². The summed E-state index contributed by atoms with van der Waals surface area (Å²) in [4.78, 5) is 21.5. The van der Waals surface area contributed by atoms with Crippen LogP contribution in [0.15, 0.2) is 18.2 Å². The highest BCUT2D eigenvalue weighted by Crippen LogP contribution is 2.09. The van der Waals surface area contributed by atoms with Gasteiger partial charge in [0.2, 0.25) is 0 Å². The molecule has 1 aromatic rings. The van der Waals surface area contributed by atoms with Gasteiger partial charge in [-0.1, -0.05) is 0 Å². The summed E-state index contributed by atoms with van der Waals surface area (Å²) in [7, 11) is 0. The van der Waals surface area contributed by atoms with E-state index >= 15 is 0 Å². The smallest absolute Gasteiger partial charge is 0.177 e. The van der Waals surface area contributed by atoms with Crippen LogP contribution in [-0.4, -0.2) is 18.6 Å². The summed E-state index contributed by atoms with van der Waals surface area (Å²) >= 11 is 0. The average Bonchev–Trinajstić information content (AvgIpc) is 2.16. The lowest BCUT2D eigenvalue weighted by Crippen LogP contribution is -2.15. The molecule has 68 valence electrons. The van der Waals surface area contributed by atoms with Crippen molar-refractivity contribution < 1.29 is 14.0 Å². The van der Waals surface area contributed by atoms with Crippen LogP contribution >= 0.6 is 0 Å². The third kappa shape index (κ3) is 1.97. The molecule has 0 spiro atoms. The number of nitrogens with two attached hydrogens (primary N) is 1. The van der Waals surface area contributed by atoms with E-state index in [2.05, 4.69) is 0 Å². The molecule has 0 fully saturated rings. The van der Waals surface area contributed by atoms with Crippen molar-refractivity contribution in [3.8, 4) is 0 Å². The maximum Gasteiger partial charge on any atom is 0.177 e. The Kier molecular flexibility index (Phi) is 2.87. The van der Waals surface area contributed by atoms with Gasteiger partial charge in [-0.25, -0.2) is 4.39 Å². The Morgan fingerprint density at radius 2 is 2.23 bits per heavy atom. The summed E-state index contributed by atoms with van der Waals surface area (Å²) in [6.07, 6.45) is 0.502. The van der Waals surface area contributed by atoms with E-state index < -0.39 is 11.6 Å². The largest absolute Gasteiger partial charge is 0.324 e. The maximum absolute atomic E-state index is 12.7. The van der Waals surface area contributed by atoms with E-state index in [-0.39, 0.29) is 17.7 Å². The van der Waals surface area contributed by atoms with Crippen LogP contribution < -0.4 is 5.73 Å². The molecule has 0 heterocycles. The standard InChI is InChI=1S/C9H8FNO2/c10-7-2-1-6(5-12)8(3-7)9(13)4-11/h1-3,5H,4,11H2. The third-order valence-electron chi connectivity index (χ3n) is 1.63. The van der Waals surface area contributed by atoms with Crippen LogP contribution in [0.5, 0.6) is 0 Å². The fourth-order valence-electron chi connectivity index (χ4n) is 0.983. The number of rotatable bonds is 3. The predicted octanol–water partition coefficient (Wildman–Crippen LogP) is 0.780. The summed E-state index contributed by atoms with van der Waals surface area (Å²) in [5, 5.41) is 0. The molecule has 0 aliphatic carbocycles. The Hall–Kier alpha value is -1.55. The summed E-state index contributed by atoms with van der Waals surface area (Å²) in [6, 6.07) is 3.39. The highest BCUT2D eigenvalue weighted by Gasteiger charge is 2.09. The number of carbonyl (C=O) groups excluding carboxylic acids is 2. The molecule has 1 rings (SSSR count). The van der Waals surface area contributed by atoms with Gasteiger partial charge in [0.05, 0.1) is 6.54 Å². The molecule has 3 nitrogen and oxygen atoms in total. The van der Waals surface area contributed by atoms with Gasteiger partial charge in [-0.05, 0) is 18.2 Å². The van der Waals surface area contributed by atoms with Crippen LogP contribution in [0.1, 0.15) is 20.7 Å². The van der Waals surface area contributed by atoms with Gasteiger partial charge in [-0.3, -0.25) is 9.59 Å². The average molecular weight is 181 g/mol. The first kappa shape index (κ1) is 9.54. The zero-order valence-electron chi connectivity index (χ0n) is 6.79. The molecule has 0 amide bonds. The van der Waals surface area contributed by atoms with Crippen LogP contribution in [0.4, 0.5) is 4.39 Å². The molecule has 0 saturated heterocycles. The van der Waals surface area contributed by atoms with Crippen molar-refractivity contribution in [2.24, 2.45) is 5.73 Å². The fraction of sp³-hybridized carbons (Fsp3) is 0.111. The Balaban J connectivity index is 3.23. The van der Waals surface area contributed by atoms with Gasteiger partial charge in [0.15, 0.2) is 12.1 Å². The van der Waals surface area contributed by atoms with Crippen molar-refractivity contribution in [2.45, 2.75) is 0 Å². The zero-order valence-corrected chi connectivity index (χ0v) is 6.79. The lowest BCUT2D eigenvalue weighted by Gasteiger charge is -2.01. The Labute approximate surface area is 74.4 Å². The van der Waals surface area contributed by atoms with Crippen molar-refractivity contribution in [2.75, 3.05) is 6.54 Å². The lowest BCUT2D eigenvalue weighted by atomic mass is 10.0. The molecule has 1 aromatic carbocycles. The van der Waals surface area contributed by atoms with Crippen LogP contribution in [-0.2, 0) is 0 Å². The van der Waals surface area contributed by atoms with Gasteiger partial charge in [0, 0.05) is 11.1 Å². The number of halogens is 1. The van der Waals surface area contributed by atoms with Crippen LogP contribution in [0, 0.1) is 5.82 Å². The summed E-state index contributed by atoms with van der Waals surface area (Å²) in [5.41, 5.74) is 5.29. The number of benzene rings is 1. The minimum Gasteiger partial charge on any atom is -0.324 e. The molecular formula is C9H8FNO2. The van der Waals surface area contributed by atoms with E-state index in [1.54, 1.807) is 0 Å². The molecule has 0 saturated carbocycles. The molecule has 0 aliphatic heterocycles. The number of Topliss-reactive ketones (excluding diaryl/α,β-unsaturated/α-hetero) is 1. The third-order valence-corrected chi connectivity index (χ3v) is 1.63. The Bertz CT molecular complexity index is 349. The molecule has 0 aliphatic rings. The monoisotopic (exact) mass is 181 g/mol. The highest BCUT2D eigenvalue weighted by molar-refractivity contribution is 6.03. The summed E-state index contributed by atoms with van der Waals surface area (Å²) < 4.78 is 12.7. The molecule has 0 unspecified atom stereocenters. The van der Waals surface area contributed by atoms with Gasteiger partial charge in [0.1, 0.15) is 5.82 Å². The SMILES string of the molecule is NCC(=O)c1cc(F)ccc1C=O. The normalized spacial score (nSPS) is 9.69. The molecule has 0 radical (unpaired) electrons. The molecule has 0 bridgehead atoms. The number of carbonyl (C=O) groups is 2. The van der Waals surface area contributed by atoms with Crippen molar-refractivity contribution in [1.29, 1.82) is 0 Å². The van der Waals surface area contributed by atoms with Gasteiger partial charge in [0.25, 0.3) is 0 Å². The van der Waals surface area contributed by atoms with E-state index in [0.29, 0.717) is 6.29 Å². The Morgan fingerprint density at radius 1 is 1.54 bits per heavy atom. The minimum absolute atomic E-state index is 0.0394. The number of hydrogen-bond donors (Lipinski definition) is 1. The topological polar surface area (TPSA) is 60.2 Å². The number of hydrogen-bond acceptors (Lipinski definition) is 3. The molecular weight excluding hydrogens is 173 g/mol. The van der Waals surface area contributed by atoms with Crippen molar-refractivity contribution in [3.05, 3.63) is 35.1 Å². The van der Waals surface area contributed by atoms with Crippen molar-refractivity contribution in [1.82, 2.24) is 0 Å². The lowest BCUT2D eigenvalue weighted by molar-refractivity contribution is 0.0994. The van der Waals surface area contributed by atoms with E-state index in [9.17, 15) is 14.0 Å². The number of ketones is 1. The van der Waals surface area contributed by atoms with E-state index in [4.69, 9.17) is 5.73 Å². The maximum atomic E-state index is 12.7. The van der Waals surface area contributed by atoms with E-state index in [0.717, 1.165) is 12.1 Å². The van der Waals surface area contributed by atoms with Gasteiger partial charge >= 0.3 is 0 Å². The molecule has 0 atom stereocenters. The second-order valence-electron chi connectivity index (χ2n) is 2.48.